The van der Waals surface area contributed by atoms with Crippen LogP contribution in [0.4, 0.5) is 0 Å². The van der Waals surface area contributed by atoms with Gasteiger partial charge in [0.1, 0.15) is 0 Å². The van der Waals surface area contributed by atoms with Crippen LogP contribution in [-0.4, -0.2) is 15.4 Å². The molecule has 0 heterocycles. The van der Waals surface area contributed by atoms with Crippen molar-refractivity contribution in [1.29, 1.82) is 0 Å². The third-order valence-corrected chi connectivity index (χ3v) is 8.23. The Labute approximate surface area is 97.7 Å². The smallest absolute Gasteiger partial charge is 0.192 e. The molecule has 0 aromatic heterocycles. The first kappa shape index (κ1) is 15.2. The lowest BCUT2D eigenvalue weighted by atomic mass is 10.3. The van der Waals surface area contributed by atoms with Gasteiger partial charge in [0.15, 0.2) is 8.32 Å². The molecule has 0 aromatic carbocycles. The van der Waals surface area contributed by atoms with Crippen LogP contribution in [0.15, 0.2) is 0 Å². The Morgan fingerprint density at radius 2 is 1.27 bits per heavy atom. The SMILES string of the molecule is CCCCC[Si](CC)(CCCCC)OC. The maximum atomic E-state index is 5.92. The fourth-order valence-corrected chi connectivity index (χ4v) is 5.66. The van der Waals surface area contributed by atoms with E-state index in [1.54, 1.807) is 0 Å². The number of hydrogen-bond acceptors (Lipinski definition) is 1. The van der Waals surface area contributed by atoms with E-state index >= 15 is 0 Å². The topological polar surface area (TPSA) is 9.23 Å². The Balaban J connectivity index is 3.93. The van der Waals surface area contributed by atoms with Gasteiger partial charge in [-0.05, 0) is 18.1 Å². The fourth-order valence-electron chi connectivity index (χ4n) is 2.22. The third-order valence-electron chi connectivity index (χ3n) is 3.55. The van der Waals surface area contributed by atoms with Crippen LogP contribution in [0.5, 0.6) is 0 Å². The average Bonchev–Trinajstić information content (AvgIpc) is 2.28. The predicted molar refractivity (Wildman–Crippen MR) is 71.9 cm³/mol. The first-order chi connectivity index (χ1) is 7.24. The first-order valence-electron chi connectivity index (χ1n) is 6.79. The summed E-state index contributed by atoms with van der Waals surface area (Å²) in [6.07, 6.45) is 8.19. The van der Waals surface area contributed by atoms with Crippen molar-refractivity contribution < 1.29 is 4.43 Å². The second-order valence-corrected chi connectivity index (χ2v) is 9.14. The van der Waals surface area contributed by atoms with Crippen molar-refractivity contribution >= 4 is 8.32 Å². The van der Waals surface area contributed by atoms with E-state index in [4.69, 9.17) is 4.43 Å². The molecule has 0 N–H and O–H groups in total. The summed E-state index contributed by atoms with van der Waals surface area (Å²) in [7, 11) is 0.634. The van der Waals surface area contributed by atoms with Crippen LogP contribution in [0.25, 0.3) is 0 Å². The molecule has 2 heteroatoms. The summed E-state index contributed by atoms with van der Waals surface area (Å²) in [5.74, 6) is 0. The molecule has 0 aliphatic heterocycles. The fraction of sp³-hybridized carbons (Fsp3) is 1.00. The van der Waals surface area contributed by atoms with E-state index in [9.17, 15) is 0 Å². The zero-order chi connectivity index (χ0) is 11.6. The third kappa shape index (κ3) is 6.36. The average molecular weight is 230 g/mol. The molecule has 15 heavy (non-hydrogen) atoms. The summed E-state index contributed by atoms with van der Waals surface area (Å²) in [6, 6.07) is 4.08. The maximum absolute atomic E-state index is 5.92. The molecule has 0 saturated heterocycles. The summed E-state index contributed by atoms with van der Waals surface area (Å²) in [5, 5.41) is 0. The van der Waals surface area contributed by atoms with Gasteiger partial charge in [-0.1, -0.05) is 59.3 Å². The van der Waals surface area contributed by atoms with E-state index in [1.165, 1.54) is 56.7 Å². The van der Waals surface area contributed by atoms with Gasteiger partial charge in [0.2, 0.25) is 0 Å². The molecule has 0 radical (unpaired) electrons. The summed E-state index contributed by atoms with van der Waals surface area (Å²) in [6.45, 7) is 6.88. The van der Waals surface area contributed by atoms with Gasteiger partial charge in [-0.2, -0.15) is 0 Å². The van der Waals surface area contributed by atoms with Crippen molar-refractivity contribution in [2.75, 3.05) is 7.11 Å². The van der Waals surface area contributed by atoms with Crippen molar-refractivity contribution in [2.45, 2.75) is 77.4 Å². The normalized spacial score (nSPS) is 12.0. The van der Waals surface area contributed by atoms with Crippen LogP contribution in [-0.2, 0) is 4.43 Å². The molecule has 0 bridgehead atoms. The second kappa shape index (κ2) is 9.41. The lowest BCUT2D eigenvalue weighted by Crippen LogP contribution is -2.35. The standard InChI is InChI=1S/C13H30OSi/c1-5-8-10-12-15(7-3,14-4)13-11-9-6-2/h5-13H2,1-4H3. The molecule has 0 aliphatic carbocycles. The molecule has 0 aromatic rings. The molecule has 0 saturated carbocycles. The molecule has 0 spiro atoms. The number of unbranched alkanes of at least 4 members (excludes halogenated alkanes) is 4. The number of rotatable bonds is 10. The van der Waals surface area contributed by atoms with Gasteiger partial charge in [0.05, 0.1) is 0 Å². The molecule has 0 rings (SSSR count). The van der Waals surface area contributed by atoms with E-state index in [0.717, 1.165) is 0 Å². The van der Waals surface area contributed by atoms with E-state index < -0.39 is 8.32 Å². The quantitative estimate of drug-likeness (QED) is 0.380. The van der Waals surface area contributed by atoms with Crippen LogP contribution in [0.2, 0.25) is 18.1 Å². The van der Waals surface area contributed by atoms with Gasteiger partial charge in [0, 0.05) is 7.11 Å². The van der Waals surface area contributed by atoms with Crippen LogP contribution in [0.1, 0.15) is 59.3 Å². The molecule has 0 aliphatic rings. The van der Waals surface area contributed by atoms with Crippen molar-refractivity contribution in [3.8, 4) is 0 Å². The highest BCUT2D eigenvalue weighted by molar-refractivity contribution is 6.73. The second-order valence-electron chi connectivity index (χ2n) is 4.65. The van der Waals surface area contributed by atoms with Crippen molar-refractivity contribution in [3.63, 3.8) is 0 Å². The van der Waals surface area contributed by atoms with E-state index in [-0.39, 0.29) is 0 Å². The molecule has 0 fully saturated rings. The highest BCUT2D eigenvalue weighted by Crippen LogP contribution is 2.27. The Kier molecular flexibility index (Phi) is 9.52. The van der Waals surface area contributed by atoms with Gasteiger partial charge in [-0.25, -0.2) is 0 Å². The summed E-state index contributed by atoms with van der Waals surface area (Å²) in [5.41, 5.74) is 0. The van der Waals surface area contributed by atoms with Crippen molar-refractivity contribution in [1.82, 2.24) is 0 Å². The van der Waals surface area contributed by atoms with E-state index in [1.807, 2.05) is 7.11 Å². The Hall–Kier alpha value is 0.177. The molecule has 1 nitrogen and oxygen atoms in total. The lowest BCUT2D eigenvalue weighted by Gasteiger charge is -2.28. The highest BCUT2D eigenvalue weighted by atomic mass is 28.4. The Morgan fingerprint density at radius 3 is 1.53 bits per heavy atom. The van der Waals surface area contributed by atoms with E-state index in [2.05, 4.69) is 20.8 Å². The van der Waals surface area contributed by atoms with Crippen LogP contribution in [0.3, 0.4) is 0 Å². The van der Waals surface area contributed by atoms with Gasteiger partial charge in [-0.15, -0.1) is 0 Å². The van der Waals surface area contributed by atoms with Crippen LogP contribution in [0, 0.1) is 0 Å². The Morgan fingerprint density at radius 1 is 0.800 bits per heavy atom. The predicted octanol–water partition coefficient (Wildman–Crippen LogP) is 4.98. The van der Waals surface area contributed by atoms with Gasteiger partial charge >= 0.3 is 0 Å². The minimum atomic E-state index is -1.32. The lowest BCUT2D eigenvalue weighted by molar-refractivity contribution is 0.385. The van der Waals surface area contributed by atoms with Gasteiger partial charge < -0.3 is 4.43 Å². The first-order valence-corrected chi connectivity index (χ1v) is 9.32. The van der Waals surface area contributed by atoms with Gasteiger partial charge in [0.25, 0.3) is 0 Å². The molecule has 0 amide bonds. The summed E-state index contributed by atoms with van der Waals surface area (Å²) >= 11 is 0. The zero-order valence-electron chi connectivity index (χ0n) is 11.3. The highest BCUT2D eigenvalue weighted by Gasteiger charge is 2.30. The number of hydrogen-bond donors (Lipinski definition) is 0. The molecule has 92 valence electrons. The minimum absolute atomic E-state index is 1.30. The molecule has 0 atom stereocenters. The molecular weight excluding hydrogens is 200 g/mol. The summed E-state index contributed by atoms with van der Waals surface area (Å²) in [4.78, 5) is 0. The van der Waals surface area contributed by atoms with Crippen LogP contribution < -0.4 is 0 Å². The van der Waals surface area contributed by atoms with Crippen LogP contribution >= 0.6 is 0 Å². The van der Waals surface area contributed by atoms with Gasteiger partial charge in [-0.3, -0.25) is 0 Å². The van der Waals surface area contributed by atoms with Crippen molar-refractivity contribution in [3.05, 3.63) is 0 Å². The summed E-state index contributed by atoms with van der Waals surface area (Å²) < 4.78 is 5.92. The maximum Gasteiger partial charge on any atom is 0.192 e. The monoisotopic (exact) mass is 230 g/mol. The Bertz CT molecular complexity index is 120. The minimum Gasteiger partial charge on any atom is -0.420 e. The van der Waals surface area contributed by atoms with E-state index in [0.29, 0.717) is 0 Å². The zero-order valence-corrected chi connectivity index (χ0v) is 12.3. The van der Waals surface area contributed by atoms with Crippen molar-refractivity contribution in [2.24, 2.45) is 0 Å². The largest absolute Gasteiger partial charge is 0.420 e. The molecule has 0 unspecified atom stereocenters. The molecular formula is C13H30OSi.